The van der Waals surface area contributed by atoms with Crippen LogP contribution >= 0.6 is 15.9 Å². The summed E-state index contributed by atoms with van der Waals surface area (Å²) < 4.78 is 11.3. The number of methoxy groups -OCH3 is 1. The molecular formula is C13H15BrN2O2. The molecule has 0 saturated carbocycles. The predicted octanol–water partition coefficient (Wildman–Crippen LogP) is 3.67. The lowest BCUT2D eigenvalue weighted by molar-refractivity contribution is 0.392. The normalized spacial score (nSPS) is 10.4. The SMILES string of the molecule is COc1cc(Br)cc(NCc2c(C)noc2C)c1. The number of benzene rings is 1. The molecule has 0 aliphatic rings. The number of hydrogen-bond acceptors (Lipinski definition) is 4. The monoisotopic (exact) mass is 310 g/mol. The van der Waals surface area contributed by atoms with Gasteiger partial charge in [0, 0.05) is 28.3 Å². The van der Waals surface area contributed by atoms with Crippen molar-refractivity contribution < 1.29 is 9.26 Å². The third kappa shape index (κ3) is 2.85. The van der Waals surface area contributed by atoms with Crippen molar-refractivity contribution in [2.24, 2.45) is 0 Å². The first-order valence-corrected chi connectivity index (χ1v) is 6.39. The van der Waals surface area contributed by atoms with Crippen LogP contribution in [0.5, 0.6) is 5.75 Å². The molecule has 0 saturated heterocycles. The van der Waals surface area contributed by atoms with Gasteiger partial charge in [-0.15, -0.1) is 0 Å². The zero-order valence-electron chi connectivity index (χ0n) is 10.6. The number of anilines is 1. The molecule has 1 aromatic heterocycles. The zero-order valence-corrected chi connectivity index (χ0v) is 12.2. The number of ether oxygens (including phenoxy) is 1. The molecule has 1 aromatic carbocycles. The minimum absolute atomic E-state index is 0.681. The molecule has 4 nitrogen and oxygen atoms in total. The molecule has 96 valence electrons. The fourth-order valence-electron chi connectivity index (χ4n) is 1.73. The van der Waals surface area contributed by atoms with Gasteiger partial charge in [0.25, 0.3) is 0 Å². The Bertz CT molecular complexity index is 532. The van der Waals surface area contributed by atoms with E-state index in [0.717, 1.165) is 32.9 Å². The molecule has 0 aliphatic heterocycles. The van der Waals surface area contributed by atoms with E-state index in [4.69, 9.17) is 9.26 Å². The third-order valence-electron chi connectivity index (χ3n) is 2.76. The molecular weight excluding hydrogens is 296 g/mol. The molecule has 0 bridgehead atoms. The molecule has 0 spiro atoms. The van der Waals surface area contributed by atoms with E-state index in [1.807, 2.05) is 32.0 Å². The number of rotatable bonds is 4. The highest BCUT2D eigenvalue weighted by atomic mass is 79.9. The molecule has 1 N–H and O–H groups in total. The Hall–Kier alpha value is -1.49. The minimum Gasteiger partial charge on any atom is -0.497 e. The maximum absolute atomic E-state index is 5.22. The summed E-state index contributed by atoms with van der Waals surface area (Å²) in [6, 6.07) is 5.87. The summed E-state index contributed by atoms with van der Waals surface area (Å²) >= 11 is 3.45. The molecule has 5 heteroatoms. The number of nitrogens with zero attached hydrogens (tertiary/aromatic N) is 1. The van der Waals surface area contributed by atoms with Gasteiger partial charge >= 0.3 is 0 Å². The van der Waals surface area contributed by atoms with Crippen molar-refractivity contribution >= 4 is 21.6 Å². The highest BCUT2D eigenvalue weighted by Crippen LogP contribution is 2.25. The Morgan fingerprint density at radius 3 is 2.72 bits per heavy atom. The maximum Gasteiger partial charge on any atom is 0.138 e. The second kappa shape index (κ2) is 5.44. The number of hydrogen-bond donors (Lipinski definition) is 1. The van der Waals surface area contributed by atoms with Crippen LogP contribution in [0.3, 0.4) is 0 Å². The van der Waals surface area contributed by atoms with Crippen molar-refractivity contribution in [1.82, 2.24) is 5.16 Å². The maximum atomic E-state index is 5.22. The van der Waals surface area contributed by atoms with Gasteiger partial charge in [0.2, 0.25) is 0 Å². The fourth-order valence-corrected chi connectivity index (χ4v) is 2.20. The molecule has 18 heavy (non-hydrogen) atoms. The van der Waals surface area contributed by atoms with Crippen molar-refractivity contribution in [2.45, 2.75) is 20.4 Å². The van der Waals surface area contributed by atoms with Gasteiger partial charge in [-0.05, 0) is 26.0 Å². The van der Waals surface area contributed by atoms with Crippen LogP contribution in [0.2, 0.25) is 0 Å². The summed E-state index contributed by atoms with van der Waals surface area (Å²) in [5.41, 5.74) is 3.00. The average Bonchev–Trinajstić information content (AvgIpc) is 2.66. The van der Waals surface area contributed by atoms with E-state index >= 15 is 0 Å². The molecule has 0 unspecified atom stereocenters. The first-order chi connectivity index (χ1) is 8.60. The van der Waals surface area contributed by atoms with Gasteiger partial charge < -0.3 is 14.6 Å². The molecule has 2 aromatic rings. The third-order valence-corrected chi connectivity index (χ3v) is 3.22. The van der Waals surface area contributed by atoms with Gasteiger partial charge in [0.15, 0.2) is 0 Å². The van der Waals surface area contributed by atoms with E-state index in [9.17, 15) is 0 Å². The lowest BCUT2D eigenvalue weighted by Crippen LogP contribution is -2.01. The van der Waals surface area contributed by atoms with Crippen molar-refractivity contribution in [1.29, 1.82) is 0 Å². The van der Waals surface area contributed by atoms with Crippen LogP contribution in [-0.4, -0.2) is 12.3 Å². The summed E-state index contributed by atoms with van der Waals surface area (Å²) in [6.45, 7) is 4.54. The average molecular weight is 311 g/mol. The summed E-state index contributed by atoms with van der Waals surface area (Å²) in [5, 5.41) is 7.27. The summed E-state index contributed by atoms with van der Waals surface area (Å²) in [7, 11) is 1.65. The second-order valence-electron chi connectivity index (χ2n) is 4.04. The highest BCUT2D eigenvalue weighted by molar-refractivity contribution is 9.10. The van der Waals surface area contributed by atoms with E-state index < -0.39 is 0 Å². The molecule has 1 heterocycles. The van der Waals surface area contributed by atoms with Crippen LogP contribution in [0.1, 0.15) is 17.0 Å². The minimum atomic E-state index is 0.681. The van der Waals surface area contributed by atoms with Gasteiger partial charge in [-0.25, -0.2) is 0 Å². The van der Waals surface area contributed by atoms with Crippen LogP contribution in [0.4, 0.5) is 5.69 Å². The highest BCUT2D eigenvalue weighted by Gasteiger charge is 2.08. The smallest absolute Gasteiger partial charge is 0.138 e. The number of halogens is 1. The Labute approximate surface area is 114 Å². The van der Waals surface area contributed by atoms with E-state index in [1.165, 1.54) is 0 Å². The van der Waals surface area contributed by atoms with Crippen molar-refractivity contribution in [3.05, 3.63) is 39.7 Å². The van der Waals surface area contributed by atoms with Crippen LogP contribution in [0.25, 0.3) is 0 Å². The van der Waals surface area contributed by atoms with E-state index in [-0.39, 0.29) is 0 Å². The quantitative estimate of drug-likeness (QED) is 0.936. The fraction of sp³-hybridized carbons (Fsp3) is 0.308. The van der Waals surface area contributed by atoms with Crippen LogP contribution in [-0.2, 0) is 6.54 Å². The zero-order chi connectivity index (χ0) is 13.1. The van der Waals surface area contributed by atoms with Gasteiger partial charge in [-0.2, -0.15) is 0 Å². The summed E-state index contributed by atoms with van der Waals surface area (Å²) in [6.07, 6.45) is 0. The number of aromatic nitrogens is 1. The Kier molecular flexibility index (Phi) is 3.91. The van der Waals surface area contributed by atoms with Gasteiger partial charge in [-0.3, -0.25) is 0 Å². The summed E-state index contributed by atoms with van der Waals surface area (Å²) in [5.74, 6) is 1.66. The molecule has 0 aliphatic carbocycles. The Morgan fingerprint density at radius 1 is 1.33 bits per heavy atom. The standard InChI is InChI=1S/C13H15BrN2O2/c1-8-13(9(2)18-16-8)7-15-11-4-10(14)5-12(6-11)17-3/h4-6,15H,7H2,1-3H3. The molecule has 2 rings (SSSR count). The molecule has 0 fully saturated rings. The second-order valence-corrected chi connectivity index (χ2v) is 4.95. The molecule has 0 atom stereocenters. The van der Waals surface area contributed by atoms with Crippen molar-refractivity contribution in [3.8, 4) is 5.75 Å². The Balaban J connectivity index is 2.13. The van der Waals surface area contributed by atoms with E-state index in [1.54, 1.807) is 7.11 Å². The molecule has 0 amide bonds. The van der Waals surface area contributed by atoms with Crippen LogP contribution in [0.15, 0.2) is 27.2 Å². The van der Waals surface area contributed by atoms with Crippen molar-refractivity contribution in [3.63, 3.8) is 0 Å². The number of nitrogens with one attached hydrogen (secondary N) is 1. The van der Waals surface area contributed by atoms with E-state index in [0.29, 0.717) is 6.54 Å². The topological polar surface area (TPSA) is 47.3 Å². The van der Waals surface area contributed by atoms with Crippen LogP contribution < -0.4 is 10.1 Å². The Morgan fingerprint density at radius 2 is 2.11 bits per heavy atom. The first kappa shape index (κ1) is 13.0. The summed E-state index contributed by atoms with van der Waals surface area (Å²) in [4.78, 5) is 0. The number of aryl methyl sites for hydroxylation is 2. The lowest BCUT2D eigenvalue weighted by atomic mass is 10.2. The lowest BCUT2D eigenvalue weighted by Gasteiger charge is -2.09. The van der Waals surface area contributed by atoms with Crippen LogP contribution in [0, 0.1) is 13.8 Å². The van der Waals surface area contributed by atoms with Gasteiger partial charge in [-0.1, -0.05) is 21.1 Å². The predicted molar refractivity (Wildman–Crippen MR) is 74.0 cm³/mol. The van der Waals surface area contributed by atoms with Gasteiger partial charge in [0.05, 0.1) is 12.8 Å². The first-order valence-electron chi connectivity index (χ1n) is 5.60. The largest absolute Gasteiger partial charge is 0.497 e. The van der Waals surface area contributed by atoms with E-state index in [2.05, 4.69) is 26.4 Å². The molecule has 0 radical (unpaired) electrons. The van der Waals surface area contributed by atoms with Gasteiger partial charge in [0.1, 0.15) is 11.5 Å². The van der Waals surface area contributed by atoms with Crippen molar-refractivity contribution in [2.75, 3.05) is 12.4 Å².